The molecule has 2 rings (SSSR count). The Morgan fingerprint density at radius 1 is 1.54 bits per heavy atom. The zero-order chi connectivity index (χ0) is 9.31. The molecule has 1 saturated carbocycles. The van der Waals surface area contributed by atoms with E-state index >= 15 is 0 Å². The Bertz CT molecular complexity index is 297. The molecule has 13 heavy (non-hydrogen) atoms. The third-order valence-electron chi connectivity index (χ3n) is 3.28. The van der Waals surface area contributed by atoms with E-state index in [9.17, 15) is 0 Å². The third-order valence-corrected chi connectivity index (χ3v) is 3.28. The SMILES string of the molecule is Cc1ncccc1C1(CN)CCC1. The molecule has 0 amide bonds. The lowest BCUT2D eigenvalue weighted by atomic mass is 9.64. The van der Waals surface area contributed by atoms with Crippen LogP contribution in [-0.2, 0) is 5.41 Å². The molecule has 1 fully saturated rings. The van der Waals surface area contributed by atoms with Crippen LogP contribution in [0.2, 0.25) is 0 Å². The van der Waals surface area contributed by atoms with E-state index < -0.39 is 0 Å². The number of hydrogen-bond donors (Lipinski definition) is 1. The molecule has 0 spiro atoms. The average Bonchev–Trinajstić information content (AvgIpc) is 2.07. The Hall–Kier alpha value is -0.890. The Labute approximate surface area is 79.2 Å². The highest BCUT2D eigenvalue weighted by atomic mass is 14.7. The van der Waals surface area contributed by atoms with Gasteiger partial charge in [0.1, 0.15) is 0 Å². The molecule has 0 radical (unpaired) electrons. The van der Waals surface area contributed by atoms with Crippen molar-refractivity contribution < 1.29 is 0 Å². The van der Waals surface area contributed by atoms with E-state index in [0.717, 1.165) is 12.2 Å². The first-order chi connectivity index (χ1) is 6.28. The molecule has 1 heterocycles. The van der Waals surface area contributed by atoms with Crippen molar-refractivity contribution in [3.05, 3.63) is 29.6 Å². The number of nitrogens with zero attached hydrogens (tertiary/aromatic N) is 1. The van der Waals surface area contributed by atoms with Crippen LogP contribution in [0.5, 0.6) is 0 Å². The van der Waals surface area contributed by atoms with Crippen molar-refractivity contribution in [2.45, 2.75) is 31.6 Å². The Morgan fingerprint density at radius 2 is 2.31 bits per heavy atom. The van der Waals surface area contributed by atoms with Crippen LogP contribution in [0, 0.1) is 6.92 Å². The van der Waals surface area contributed by atoms with E-state index in [1.165, 1.54) is 24.8 Å². The second kappa shape index (κ2) is 3.11. The van der Waals surface area contributed by atoms with Crippen molar-refractivity contribution in [3.8, 4) is 0 Å². The van der Waals surface area contributed by atoms with E-state index in [4.69, 9.17) is 5.73 Å². The molecular formula is C11H16N2. The summed E-state index contributed by atoms with van der Waals surface area (Å²) in [6.07, 6.45) is 5.62. The van der Waals surface area contributed by atoms with Crippen molar-refractivity contribution in [2.24, 2.45) is 5.73 Å². The Kier molecular flexibility index (Phi) is 2.08. The molecule has 0 unspecified atom stereocenters. The van der Waals surface area contributed by atoms with Crippen LogP contribution in [0.25, 0.3) is 0 Å². The van der Waals surface area contributed by atoms with Gasteiger partial charge in [-0.05, 0) is 31.4 Å². The van der Waals surface area contributed by atoms with Crippen LogP contribution in [0.1, 0.15) is 30.5 Å². The Balaban J connectivity index is 2.38. The smallest absolute Gasteiger partial charge is 0.0410 e. The molecule has 0 saturated heterocycles. The van der Waals surface area contributed by atoms with Crippen molar-refractivity contribution in [2.75, 3.05) is 6.54 Å². The summed E-state index contributed by atoms with van der Waals surface area (Å²) in [5.74, 6) is 0. The molecule has 0 atom stereocenters. The number of aromatic nitrogens is 1. The highest BCUT2D eigenvalue weighted by molar-refractivity contribution is 5.31. The molecule has 1 aromatic heterocycles. The number of aryl methyl sites for hydroxylation is 1. The van der Waals surface area contributed by atoms with Gasteiger partial charge in [0.15, 0.2) is 0 Å². The van der Waals surface area contributed by atoms with Crippen LogP contribution < -0.4 is 5.73 Å². The van der Waals surface area contributed by atoms with Crippen LogP contribution in [0.15, 0.2) is 18.3 Å². The first-order valence-electron chi connectivity index (χ1n) is 4.91. The van der Waals surface area contributed by atoms with Gasteiger partial charge in [-0.3, -0.25) is 4.98 Å². The van der Waals surface area contributed by atoms with Crippen LogP contribution in [0.4, 0.5) is 0 Å². The van der Waals surface area contributed by atoms with E-state index in [1.807, 2.05) is 12.3 Å². The van der Waals surface area contributed by atoms with Gasteiger partial charge in [0.05, 0.1) is 0 Å². The summed E-state index contributed by atoms with van der Waals surface area (Å²) in [5.41, 5.74) is 8.61. The fourth-order valence-corrected chi connectivity index (χ4v) is 2.23. The zero-order valence-electron chi connectivity index (χ0n) is 8.09. The van der Waals surface area contributed by atoms with E-state index in [0.29, 0.717) is 0 Å². The second-order valence-electron chi connectivity index (χ2n) is 3.97. The molecule has 2 heteroatoms. The summed E-state index contributed by atoms with van der Waals surface area (Å²) in [7, 11) is 0. The molecule has 70 valence electrons. The number of rotatable bonds is 2. The van der Waals surface area contributed by atoms with Gasteiger partial charge in [-0.15, -0.1) is 0 Å². The van der Waals surface area contributed by atoms with E-state index in [2.05, 4.69) is 18.0 Å². The van der Waals surface area contributed by atoms with E-state index in [1.54, 1.807) is 0 Å². The number of nitrogens with two attached hydrogens (primary N) is 1. The van der Waals surface area contributed by atoms with E-state index in [-0.39, 0.29) is 5.41 Å². The fourth-order valence-electron chi connectivity index (χ4n) is 2.23. The molecule has 2 nitrogen and oxygen atoms in total. The van der Waals surface area contributed by atoms with Crippen LogP contribution >= 0.6 is 0 Å². The van der Waals surface area contributed by atoms with Crippen LogP contribution in [-0.4, -0.2) is 11.5 Å². The standard InChI is InChI=1S/C11H16N2/c1-9-10(4-2-7-13-9)11(8-12)5-3-6-11/h2,4,7H,3,5-6,8,12H2,1H3. The molecule has 0 aromatic carbocycles. The summed E-state index contributed by atoms with van der Waals surface area (Å²) >= 11 is 0. The van der Waals surface area contributed by atoms with Gasteiger partial charge >= 0.3 is 0 Å². The average molecular weight is 176 g/mol. The maximum absolute atomic E-state index is 5.84. The third kappa shape index (κ3) is 1.25. The highest BCUT2D eigenvalue weighted by Crippen LogP contribution is 2.43. The minimum Gasteiger partial charge on any atom is -0.330 e. The fraction of sp³-hybridized carbons (Fsp3) is 0.545. The van der Waals surface area contributed by atoms with Crippen molar-refractivity contribution in [3.63, 3.8) is 0 Å². The first kappa shape index (κ1) is 8.70. The first-order valence-corrected chi connectivity index (χ1v) is 4.91. The molecule has 1 aromatic rings. The number of pyridine rings is 1. The summed E-state index contributed by atoms with van der Waals surface area (Å²) < 4.78 is 0. The predicted molar refractivity (Wildman–Crippen MR) is 53.6 cm³/mol. The van der Waals surface area contributed by atoms with Gasteiger partial charge in [0, 0.05) is 23.9 Å². The molecule has 0 bridgehead atoms. The van der Waals surface area contributed by atoms with Gasteiger partial charge in [-0.1, -0.05) is 12.5 Å². The topological polar surface area (TPSA) is 38.9 Å². The minimum absolute atomic E-state index is 0.262. The Morgan fingerprint density at radius 3 is 2.77 bits per heavy atom. The van der Waals surface area contributed by atoms with Crippen molar-refractivity contribution in [1.29, 1.82) is 0 Å². The van der Waals surface area contributed by atoms with Gasteiger partial charge in [0.2, 0.25) is 0 Å². The monoisotopic (exact) mass is 176 g/mol. The summed E-state index contributed by atoms with van der Waals surface area (Å²) in [4.78, 5) is 4.32. The molecule has 0 aliphatic heterocycles. The molecule has 1 aliphatic carbocycles. The summed E-state index contributed by atoms with van der Waals surface area (Å²) in [6, 6.07) is 4.19. The maximum Gasteiger partial charge on any atom is 0.0410 e. The molecular weight excluding hydrogens is 160 g/mol. The van der Waals surface area contributed by atoms with Crippen LogP contribution in [0.3, 0.4) is 0 Å². The minimum atomic E-state index is 0.262. The lowest BCUT2D eigenvalue weighted by Gasteiger charge is -2.42. The van der Waals surface area contributed by atoms with Crippen molar-refractivity contribution >= 4 is 0 Å². The van der Waals surface area contributed by atoms with Gasteiger partial charge < -0.3 is 5.73 Å². The van der Waals surface area contributed by atoms with Gasteiger partial charge in [0.25, 0.3) is 0 Å². The predicted octanol–water partition coefficient (Wildman–Crippen LogP) is 1.77. The molecule has 2 N–H and O–H groups in total. The zero-order valence-corrected chi connectivity index (χ0v) is 8.09. The van der Waals surface area contributed by atoms with Gasteiger partial charge in [-0.25, -0.2) is 0 Å². The van der Waals surface area contributed by atoms with Gasteiger partial charge in [-0.2, -0.15) is 0 Å². The summed E-state index contributed by atoms with van der Waals surface area (Å²) in [6.45, 7) is 2.84. The maximum atomic E-state index is 5.84. The lowest BCUT2D eigenvalue weighted by Crippen LogP contribution is -2.42. The second-order valence-corrected chi connectivity index (χ2v) is 3.97. The quantitative estimate of drug-likeness (QED) is 0.746. The normalized spacial score (nSPS) is 19.5. The molecule has 1 aliphatic rings. The highest BCUT2D eigenvalue weighted by Gasteiger charge is 2.38. The van der Waals surface area contributed by atoms with Crippen molar-refractivity contribution in [1.82, 2.24) is 4.98 Å². The number of hydrogen-bond acceptors (Lipinski definition) is 2. The lowest BCUT2D eigenvalue weighted by molar-refractivity contribution is 0.251. The summed E-state index contributed by atoms with van der Waals surface area (Å²) in [5, 5.41) is 0. The largest absolute Gasteiger partial charge is 0.330 e.